The second-order valence-corrected chi connectivity index (χ2v) is 7.25. The van der Waals surface area contributed by atoms with Gasteiger partial charge in [-0.1, -0.05) is 5.16 Å². The van der Waals surface area contributed by atoms with Crippen molar-refractivity contribution in [1.29, 1.82) is 0 Å². The van der Waals surface area contributed by atoms with Crippen molar-refractivity contribution >= 4 is 47.3 Å². The normalized spacial score (nSPS) is 11.3. The molecule has 106 valence electrons. The van der Waals surface area contributed by atoms with Gasteiger partial charge in [0.2, 0.25) is 0 Å². The third-order valence-corrected chi connectivity index (χ3v) is 4.61. The second kappa shape index (κ2) is 5.55. The Bertz CT molecular complexity index is 772. The van der Waals surface area contributed by atoms with E-state index in [4.69, 9.17) is 15.2 Å². The van der Waals surface area contributed by atoms with Crippen LogP contribution in [0.5, 0.6) is 0 Å². The summed E-state index contributed by atoms with van der Waals surface area (Å²) in [5, 5.41) is 6.14. The van der Waals surface area contributed by atoms with E-state index in [0.29, 0.717) is 11.4 Å². The topological polar surface area (TPSA) is 89.3 Å². The molecule has 6 nitrogen and oxygen atoms in total. The highest BCUT2D eigenvalue weighted by molar-refractivity contribution is 9.10. The highest BCUT2D eigenvalue weighted by atomic mass is 79.9. The number of carbonyl (C=O) groups excluding carboxylic acids is 1. The van der Waals surface area contributed by atoms with Gasteiger partial charge in [-0.15, -0.1) is 0 Å². The average molecular weight is 380 g/mol. The smallest absolute Gasteiger partial charge is 0.277 e. The molecule has 2 rings (SSSR count). The first-order valence-corrected chi connectivity index (χ1v) is 8.36. The van der Waals surface area contributed by atoms with Gasteiger partial charge in [0.25, 0.3) is 15.0 Å². The molecular weight excluding hydrogens is 372 g/mol. The van der Waals surface area contributed by atoms with Crippen molar-refractivity contribution in [3.63, 3.8) is 0 Å². The Labute approximate surface area is 127 Å². The van der Waals surface area contributed by atoms with Crippen LogP contribution in [0.25, 0.3) is 0 Å². The van der Waals surface area contributed by atoms with Gasteiger partial charge in [-0.3, -0.25) is 4.79 Å². The molecular formula is C11H8BrClN2O4S. The van der Waals surface area contributed by atoms with Gasteiger partial charge in [-0.2, -0.15) is 0 Å². The first kappa shape index (κ1) is 15.0. The zero-order chi connectivity index (χ0) is 14.9. The number of nitrogens with one attached hydrogen (secondary N) is 1. The average Bonchev–Trinajstić information content (AvgIpc) is 2.74. The van der Waals surface area contributed by atoms with Crippen molar-refractivity contribution < 1.29 is 17.7 Å². The zero-order valence-corrected chi connectivity index (χ0v) is 13.2. The van der Waals surface area contributed by atoms with Crippen molar-refractivity contribution in [3.8, 4) is 0 Å². The van der Waals surface area contributed by atoms with Crippen LogP contribution in [-0.2, 0) is 9.05 Å². The molecule has 1 aromatic carbocycles. The van der Waals surface area contributed by atoms with E-state index in [1.807, 2.05) is 0 Å². The molecule has 0 saturated heterocycles. The minimum absolute atomic E-state index is 0.0746. The Morgan fingerprint density at radius 1 is 1.40 bits per heavy atom. The number of rotatable bonds is 3. The number of aryl methyl sites for hydroxylation is 1. The number of carbonyl (C=O) groups is 1. The molecule has 1 aromatic heterocycles. The number of hydrogen-bond donors (Lipinski definition) is 1. The van der Waals surface area contributed by atoms with E-state index < -0.39 is 15.0 Å². The predicted octanol–water partition coefficient (Wildman–Crippen LogP) is 2.93. The Morgan fingerprint density at radius 3 is 2.60 bits per heavy atom. The lowest BCUT2D eigenvalue weighted by Gasteiger charge is -2.05. The molecule has 20 heavy (non-hydrogen) atoms. The first-order chi connectivity index (χ1) is 9.27. The van der Waals surface area contributed by atoms with Crippen molar-refractivity contribution in [1.82, 2.24) is 5.16 Å². The number of aromatic nitrogens is 1. The van der Waals surface area contributed by atoms with Crippen LogP contribution in [-0.4, -0.2) is 19.5 Å². The fourth-order valence-corrected chi connectivity index (χ4v) is 3.67. The van der Waals surface area contributed by atoms with Crippen LogP contribution in [0, 0.1) is 6.92 Å². The molecule has 0 aliphatic rings. The maximum absolute atomic E-state index is 11.8. The molecule has 1 amide bonds. The summed E-state index contributed by atoms with van der Waals surface area (Å²) in [6.45, 7) is 1.67. The monoisotopic (exact) mass is 378 g/mol. The van der Waals surface area contributed by atoms with Gasteiger partial charge in [0, 0.05) is 26.9 Å². The summed E-state index contributed by atoms with van der Waals surface area (Å²) in [4.78, 5) is 11.8. The number of nitrogens with zero attached hydrogens (tertiary/aromatic N) is 1. The Kier molecular flexibility index (Phi) is 4.17. The molecule has 0 atom stereocenters. The summed E-state index contributed by atoms with van der Waals surface area (Å²) in [7, 11) is 1.41. The van der Waals surface area contributed by atoms with Crippen LogP contribution in [0.3, 0.4) is 0 Å². The summed E-state index contributed by atoms with van der Waals surface area (Å²) < 4.78 is 27.5. The molecule has 0 saturated carbocycles. The van der Waals surface area contributed by atoms with Crippen LogP contribution in [0.1, 0.15) is 16.2 Å². The minimum Gasteiger partial charge on any atom is -0.361 e. The largest absolute Gasteiger partial charge is 0.361 e. The minimum atomic E-state index is -3.84. The fraction of sp³-hybridized carbons (Fsp3) is 0.0909. The third-order valence-electron chi connectivity index (χ3n) is 2.31. The molecule has 0 spiro atoms. The zero-order valence-electron chi connectivity index (χ0n) is 10.1. The maximum Gasteiger partial charge on any atom is 0.277 e. The SMILES string of the molecule is Cc1cc(C(=O)Nc2ccc(S(=O)(=O)Cl)c(Br)c2)no1. The van der Waals surface area contributed by atoms with E-state index in [1.165, 1.54) is 24.3 Å². The van der Waals surface area contributed by atoms with Gasteiger partial charge >= 0.3 is 0 Å². The molecule has 0 aliphatic carbocycles. The quantitative estimate of drug-likeness (QED) is 0.828. The van der Waals surface area contributed by atoms with Gasteiger partial charge in [-0.05, 0) is 41.1 Å². The molecule has 0 unspecified atom stereocenters. The van der Waals surface area contributed by atoms with Gasteiger partial charge < -0.3 is 9.84 Å². The highest BCUT2D eigenvalue weighted by Crippen LogP contribution is 2.28. The van der Waals surface area contributed by atoms with E-state index in [-0.39, 0.29) is 15.1 Å². The van der Waals surface area contributed by atoms with Crippen LogP contribution in [0.2, 0.25) is 0 Å². The lowest BCUT2D eigenvalue weighted by Crippen LogP contribution is -2.12. The number of hydrogen-bond acceptors (Lipinski definition) is 5. The maximum atomic E-state index is 11.8. The fourth-order valence-electron chi connectivity index (χ4n) is 1.44. The van der Waals surface area contributed by atoms with Crippen LogP contribution in [0.4, 0.5) is 5.69 Å². The van der Waals surface area contributed by atoms with Crippen LogP contribution in [0.15, 0.2) is 38.2 Å². The predicted molar refractivity (Wildman–Crippen MR) is 76.4 cm³/mol. The van der Waals surface area contributed by atoms with E-state index in [9.17, 15) is 13.2 Å². The van der Waals surface area contributed by atoms with Gasteiger partial charge in [0.1, 0.15) is 5.76 Å². The van der Waals surface area contributed by atoms with Crippen LogP contribution < -0.4 is 5.32 Å². The second-order valence-electron chi connectivity index (χ2n) is 3.86. The molecule has 0 fully saturated rings. The summed E-state index contributed by atoms with van der Waals surface area (Å²) in [5.41, 5.74) is 0.527. The first-order valence-electron chi connectivity index (χ1n) is 5.26. The Balaban J connectivity index is 2.23. The van der Waals surface area contributed by atoms with E-state index in [2.05, 4.69) is 26.4 Å². The summed E-state index contributed by atoms with van der Waals surface area (Å²) in [6.07, 6.45) is 0. The molecule has 2 aromatic rings. The van der Waals surface area contributed by atoms with Crippen molar-refractivity contribution in [3.05, 3.63) is 40.2 Å². The molecule has 0 aliphatic heterocycles. The third kappa shape index (κ3) is 3.38. The van der Waals surface area contributed by atoms with Crippen molar-refractivity contribution in [2.75, 3.05) is 5.32 Å². The molecule has 0 radical (unpaired) electrons. The molecule has 0 bridgehead atoms. The molecule has 1 N–H and O–H groups in total. The standard InChI is InChI=1S/C11H8BrClN2O4S/c1-6-4-9(15-19-6)11(16)14-7-2-3-10(8(12)5-7)20(13,17)18/h2-5H,1H3,(H,14,16). The van der Waals surface area contributed by atoms with E-state index in [1.54, 1.807) is 6.92 Å². The van der Waals surface area contributed by atoms with Gasteiger partial charge in [0.05, 0.1) is 4.90 Å². The highest BCUT2D eigenvalue weighted by Gasteiger charge is 2.16. The number of amides is 1. The van der Waals surface area contributed by atoms with E-state index in [0.717, 1.165) is 0 Å². The van der Waals surface area contributed by atoms with Crippen LogP contribution >= 0.6 is 26.6 Å². The molecule has 1 heterocycles. The lowest BCUT2D eigenvalue weighted by atomic mass is 10.3. The lowest BCUT2D eigenvalue weighted by molar-refractivity contribution is 0.101. The summed E-state index contributed by atoms with van der Waals surface area (Å²) in [5.74, 6) is 0.0511. The van der Waals surface area contributed by atoms with Crippen molar-refractivity contribution in [2.45, 2.75) is 11.8 Å². The van der Waals surface area contributed by atoms with E-state index >= 15 is 0 Å². The number of benzene rings is 1. The van der Waals surface area contributed by atoms with Gasteiger partial charge in [0.15, 0.2) is 5.69 Å². The van der Waals surface area contributed by atoms with Gasteiger partial charge in [-0.25, -0.2) is 8.42 Å². The number of halogens is 2. The molecule has 9 heteroatoms. The number of anilines is 1. The summed E-state index contributed by atoms with van der Waals surface area (Å²) >= 11 is 3.08. The van der Waals surface area contributed by atoms with Crippen molar-refractivity contribution in [2.24, 2.45) is 0 Å². The Hall–Kier alpha value is -1.38. The Morgan fingerprint density at radius 2 is 2.10 bits per heavy atom. The summed E-state index contributed by atoms with van der Waals surface area (Å²) in [6, 6.07) is 5.63.